The molecule has 0 heterocycles. The highest BCUT2D eigenvalue weighted by Crippen LogP contribution is 2.11. The molecule has 0 spiro atoms. The molecular formula is C16H21NO3. The molecule has 0 aliphatic rings. The Morgan fingerprint density at radius 3 is 2.90 bits per heavy atom. The van der Waals surface area contributed by atoms with Crippen LogP contribution in [0, 0.1) is 24.7 Å². The number of rotatable bonds is 5. The van der Waals surface area contributed by atoms with Crippen molar-refractivity contribution in [3.8, 4) is 11.8 Å². The maximum Gasteiger partial charge on any atom is 0.251 e. The van der Waals surface area contributed by atoms with Gasteiger partial charge in [0, 0.05) is 24.8 Å². The highest BCUT2D eigenvalue weighted by atomic mass is 16.5. The van der Waals surface area contributed by atoms with E-state index in [0.29, 0.717) is 18.7 Å². The molecular weight excluding hydrogens is 254 g/mol. The van der Waals surface area contributed by atoms with E-state index in [1.54, 1.807) is 13.2 Å². The summed E-state index contributed by atoms with van der Waals surface area (Å²) in [5.41, 5.74) is 2.23. The zero-order valence-electron chi connectivity index (χ0n) is 12.2. The van der Waals surface area contributed by atoms with E-state index in [9.17, 15) is 4.79 Å². The molecule has 1 atom stereocenters. The van der Waals surface area contributed by atoms with Crippen molar-refractivity contribution in [1.29, 1.82) is 0 Å². The van der Waals surface area contributed by atoms with Gasteiger partial charge in [0.15, 0.2) is 0 Å². The molecule has 2 N–H and O–H groups in total. The molecule has 0 bridgehead atoms. The second-order valence-corrected chi connectivity index (χ2v) is 4.76. The van der Waals surface area contributed by atoms with Crippen LogP contribution in [0.25, 0.3) is 0 Å². The van der Waals surface area contributed by atoms with E-state index in [1.807, 2.05) is 26.0 Å². The van der Waals surface area contributed by atoms with Crippen molar-refractivity contribution in [1.82, 2.24) is 5.32 Å². The minimum Gasteiger partial charge on any atom is -0.384 e. The lowest BCUT2D eigenvalue weighted by Crippen LogP contribution is -2.30. The number of carbonyl (C=O) groups excluding carboxylic acids is 1. The third kappa shape index (κ3) is 5.04. The Morgan fingerprint density at radius 2 is 2.25 bits per heavy atom. The first-order valence-corrected chi connectivity index (χ1v) is 6.56. The van der Waals surface area contributed by atoms with Crippen LogP contribution in [0.4, 0.5) is 0 Å². The zero-order valence-corrected chi connectivity index (χ0v) is 12.2. The number of ether oxygens (including phenoxy) is 1. The van der Waals surface area contributed by atoms with Gasteiger partial charge in [-0.1, -0.05) is 24.8 Å². The molecule has 1 aromatic rings. The van der Waals surface area contributed by atoms with Crippen molar-refractivity contribution in [2.45, 2.75) is 13.8 Å². The van der Waals surface area contributed by atoms with Crippen molar-refractivity contribution in [2.24, 2.45) is 5.92 Å². The molecule has 0 aromatic heterocycles. The number of aliphatic hydroxyl groups is 1. The van der Waals surface area contributed by atoms with Crippen molar-refractivity contribution in [3.05, 3.63) is 34.9 Å². The van der Waals surface area contributed by atoms with Crippen molar-refractivity contribution in [2.75, 3.05) is 26.9 Å². The van der Waals surface area contributed by atoms with Crippen molar-refractivity contribution in [3.63, 3.8) is 0 Å². The second-order valence-electron chi connectivity index (χ2n) is 4.76. The number of benzene rings is 1. The van der Waals surface area contributed by atoms with Crippen molar-refractivity contribution < 1.29 is 14.6 Å². The largest absolute Gasteiger partial charge is 0.384 e. The van der Waals surface area contributed by atoms with Gasteiger partial charge in [-0.15, -0.1) is 0 Å². The Hall–Kier alpha value is -1.83. The molecule has 0 saturated heterocycles. The SMILES string of the molecule is COCC(C)CNC(=O)c1cc(C#CCO)ccc1C. The van der Waals surface area contributed by atoms with Crippen LogP contribution in [-0.2, 0) is 4.74 Å². The third-order valence-electron chi connectivity index (χ3n) is 2.86. The van der Waals surface area contributed by atoms with E-state index in [0.717, 1.165) is 11.1 Å². The summed E-state index contributed by atoms with van der Waals surface area (Å²) in [7, 11) is 1.64. The molecule has 0 radical (unpaired) electrons. The Labute approximate surface area is 120 Å². The monoisotopic (exact) mass is 275 g/mol. The maximum absolute atomic E-state index is 12.2. The van der Waals surface area contributed by atoms with Crippen LogP contribution in [-0.4, -0.2) is 37.9 Å². The van der Waals surface area contributed by atoms with E-state index in [2.05, 4.69) is 17.2 Å². The normalized spacial score (nSPS) is 11.4. The molecule has 20 heavy (non-hydrogen) atoms. The summed E-state index contributed by atoms with van der Waals surface area (Å²) in [6.07, 6.45) is 0. The van der Waals surface area contributed by atoms with Crippen LogP contribution >= 0.6 is 0 Å². The average molecular weight is 275 g/mol. The molecule has 0 fully saturated rings. The predicted octanol–water partition coefficient (Wildman–Crippen LogP) is 1.35. The summed E-state index contributed by atoms with van der Waals surface area (Å²) < 4.78 is 5.04. The summed E-state index contributed by atoms with van der Waals surface area (Å²) in [5, 5.41) is 11.6. The third-order valence-corrected chi connectivity index (χ3v) is 2.86. The second kappa shape index (κ2) is 8.36. The molecule has 1 aromatic carbocycles. The van der Waals surface area contributed by atoms with Gasteiger partial charge in [-0.05, 0) is 30.5 Å². The van der Waals surface area contributed by atoms with E-state index in [1.165, 1.54) is 0 Å². The Bertz CT molecular complexity index is 514. The van der Waals surface area contributed by atoms with Gasteiger partial charge < -0.3 is 15.2 Å². The van der Waals surface area contributed by atoms with Crippen LogP contribution in [0.15, 0.2) is 18.2 Å². The molecule has 1 amide bonds. The minimum absolute atomic E-state index is 0.113. The summed E-state index contributed by atoms with van der Waals surface area (Å²) in [4.78, 5) is 12.2. The van der Waals surface area contributed by atoms with Crippen LogP contribution < -0.4 is 5.32 Å². The summed E-state index contributed by atoms with van der Waals surface area (Å²) in [6, 6.07) is 5.44. The number of hydrogen-bond donors (Lipinski definition) is 2. The van der Waals surface area contributed by atoms with E-state index in [4.69, 9.17) is 9.84 Å². The fraction of sp³-hybridized carbons (Fsp3) is 0.438. The molecule has 108 valence electrons. The van der Waals surface area contributed by atoms with Gasteiger partial charge in [-0.3, -0.25) is 4.79 Å². The highest BCUT2D eigenvalue weighted by molar-refractivity contribution is 5.96. The number of aliphatic hydroxyl groups excluding tert-OH is 1. The van der Waals surface area contributed by atoms with Crippen LogP contribution in [0.3, 0.4) is 0 Å². The van der Waals surface area contributed by atoms with Crippen molar-refractivity contribution >= 4 is 5.91 Å². The predicted molar refractivity (Wildman–Crippen MR) is 78.5 cm³/mol. The first kappa shape index (κ1) is 16.2. The summed E-state index contributed by atoms with van der Waals surface area (Å²) in [5.74, 6) is 5.53. The first-order chi connectivity index (χ1) is 9.58. The van der Waals surface area contributed by atoms with E-state index in [-0.39, 0.29) is 18.4 Å². The van der Waals surface area contributed by atoms with Crippen LogP contribution in [0.2, 0.25) is 0 Å². The fourth-order valence-electron chi connectivity index (χ4n) is 1.79. The fourth-order valence-corrected chi connectivity index (χ4v) is 1.79. The minimum atomic E-state index is -0.191. The molecule has 0 aliphatic heterocycles. The van der Waals surface area contributed by atoms with Gasteiger partial charge in [-0.25, -0.2) is 0 Å². The number of nitrogens with one attached hydrogen (secondary N) is 1. The lowest BCUT2D eigenvalue weighted by molar-refractivity contribution is 0.0933. The van der Waals surface area contributed by atoms with Gasteiger partial charge >= 0.3 is 0 Å². The summed E-state index contributed by atoms with van der Waals surface area (Å²) >= 11 is 0. The van der Waals surface area contributed by atoms with Gasteiger partial charge in [0.1, 0.15) is 6.61 Å². The first-order valence-electron chi connectivity index (χ1n) is 6.56. The Morgan fingerprint density at radius 1 is 1.50 bits per heavy atom. The van der Waals surface area contributed by atoms with Gasteiger partial charge in [0.2, 0.25) is 0 Å². The quantitative estimate of drug-likeness (QED) is 0.798. The number of carbonyl (C=O) groups is 1. The molecule has 1 rings (SSSR count). The highest BCUT2D eigenvalue weighted by Gasteiger charge is 2.10. The molecule has 0 aliphatic carbocycles. The number of methoxy groups -OCH3 is 1. The number of hydrogen-bond acceptors (Lipinski definition) is 3. The maximum atomic E-state index is 12.2. The van der Waals surface area contributed by atoms with E-state index >= 15 is 0 Å². The number of amides is 1. The van der Waals surface area contributed by atoms with Crippen LogP contribution in [0.1, 0.15) is 28.4 Å². The van der Waals surface area contributed by atoms with Gasteiger partial charge in [0.05, 0.1) is 6.61 Å². The standard InChI is InChI=1S/C16H21NO3/c1-12(11-20-3)10-17-16(19)15-9-14(5-4-8-18)7-6-13(15)2/h6-7,9,12,18H,8,10-11H2,1-3H3,(H,17,19). The number of aryl methyl sites for hydroxylation is 1. The van der Waals surface area contributed by atoms with E-state index < -0.39 is 0 Å². The summed E-state index contributed by atoms with van der Waals surface area (Å²) in [6.45, 7) is 4.89. The lowest BCUT2D eigenvalue weighted by atomic mass is 10.0. The molecule has 4 heteroatoms. The molecule has 1 unspecified atom stereocenters. The zero-order chi connectivity index (χ0) is 15.0. The lowest BCUT2D eigenvalue weighted by Gasteiger charge is -2.12. The van der Waals surface area contributed by atoms with Crippen LogP contribution in [0.5, 0.6) is 0 Å². The average Bonchev–Trinajstić information content (AvgIpc) is 2.44. The smallest absolute Gasteiger partial charge is 0.251 e. The van der Waals surface area contributed by atoms with Gasteiger partial charge in [0.25, 0.3) is 5.91 Å². The molecule has 0 saturated carbocycles. The Kier molecular flexibility index (Phi) is 6.78. The Balaban J connectivity index is 2.76. The van der Waals surface area contributed by atoms with Gasteiger partial charge in [-0.2, -0.15) is 0 Å². The topological polar surface area (TPSA) is 58.6 Å². The molecule has 4 nitrogen and oxygen atoms in total.